The molecule has 0 unspecified atom stereocenters. The Kier molecular flexibility index (Phi) is 7.63. The highest BCUT2D eigenvalue weighted by molar-refractivity contribution is 6.24. The van der Waals surface area contributed by atoms with Gasteiger partial charge < -0.3 is 36.2 Å². The number of aromatic hydroxyl groups is 1. The number of rotatable bonds is 7. The maximum atomic E-state index is 14.1. The minimum Gasteiger partial charge on any atom is -0.508 e. The molecule has 3 aliphatic carbocycles. The van der Waals surface area contributed by atoms with Gasteiger partial charge in [-0.05, 0) is 75.9 Å². The highest BCUT2D eigenvalue weighted by atomic mass is 16.3. The molecule has 228 valence electrons. The molecule has 0 bridgehead atoms. The molecule has 42 heavy (non-hydrogen) atoms. The summed E-state index contributed by atoms with van der Waals surface area (Å²) in [6.07, 6.45) is 2.89. The van der Waals surface area contributed by atoms with Crippen molar-refractivity contribution in [1.82, 2.24) is 9.80 Å². The van der Waals surface area contributed by atoms with Crippen molar-refractivity contribution in [2.75, 3.05) is 46.2 Å². The second-order valence-electron chi connectivity index (χ2n) is 12.4. The van der Waals surface area contributed by atoms with E-state index in [4.69, 9.17) is 5.73 Å². The van der Waals surface area contributed by atoms with E-state index in [2.05, 4.69) is 4.90 Å². The number of hydrogen-bond donors (Lipinski definition) is 6. The Morgan fingerprint density at radius 2 is 1.86 bits per heavy atom. The molecule has 1 aromatic rings. The number of nitrogens with two attached hydrogens (primary N) is 1. The Hall–Kier alpha value is -3.45. The van der Waals surface area contributed by atoms with Crippen LogP contribution in [0.15, 0.2) is 23.0 Å². The second kappa shape index (κ2) is 10.7. The zero-order valence-corrected chi connectivity index (χ0v) is 24.4. The number of phenolic OH excluding ortho intramolecular Hbond substituents is 1. The van der Waals surface area contributed by atoms with Crippen LogP contribution in [0.4, 0.5) is 5.69 Å². The van der Waals surface area contributed by atoms with E-state index >= 15 is 0 Å². The van der Waals surface area contributed by atoms with E-state index in [1.807, 2.05) is 19.0 Å². The van der Waals surface area contributed by atoms with Crippen molar-refractivity contribution in [3.05, 3.63) is 39.7 Å². The van der Waals surface area contributed by atoms with Crippen LogP contribution >= 0.6 is 0 Å². The number of likely N-dealkylation sites (N-methyl/N-ethyl adjacent to an activating group) is 1. The standard InChI is InChI=1S/C30H40N4O8/c1-32(2)23-15(13-34-8-5-6-16(34)7-9-35)12-19(36)21-17(23)10-14-11-18-24(33(3)4)26(38)22(29(31)41)28(40)30(18,42)27(39)20(14)25(21)37/h12,14,16,18,24,35-37,40,42H,5-11,13H2,1-4H3,(H2,31,41)/t14-,16-,18-,24-,30-/m0/s1. The van der Waals surface area contributed by atoms with Gasteiger partial charge in [-0.15, -0.1) is 0 Å². The first-order valence-electron chi connectivity index (χ1n) is 14.3. The summed E-state index contributed by atoms with van der Waals surface area (Å²) in [7, 11) is 6.87. The average Bonchev–Trinajstić information content (AvgIpc) is 3.32. The van der Waals surface area contributed by atoms with Crippen LogP contribution in [0.2, 0.25) is 0 Å². The Balaban J connectivity index is 1.66. The predicted molar refractivity (Wildman–Crippen MR) is 154 cm³/mol. The summed E-state index contributed by atoms with van der Waals surface area (Å²) in [5, 5.41) is 55.1. The lowest BCUT2D eigenvalue weighted by Crippen LogP contribution is -2.65. The highest BCUT2D eigenvalue weighted by Gasteiger charge is 2.64. The number of fused-ring (bicyclic) bond motifs is 3. The smallest absolute Gasteiger partial charge is 0.255 e. The van der Waals surface area contributed by atoms with Crippen LogP contribution in [0.3, 0.4) is 0 Å². The predicted octanol–water partition coefficient (Wildman–Crippen LogP) is 0.377. The molecule has 1 aromatic carbocycles. The lowest BCUT2D eigenvalue weighted by Gasteiger charge is -2.50. The molecule has 1 aliphatic heterocycles. The van der Waals surface area contributed by atoms with Crippen LogP contribution in [0.5, 0.6) is 5.75 Å². The van der Waals surface area contributed by atoms with E-state index in [9.17, 15) is 39.9 Å². The number of carbonyl (C=O) groups excluding carboxylic acids is 3. The molecule has 1 saturated heterocycles. The molecule has 12 nitrogen and oxygen atoms in total. The van der Waals surface area contributed by atoms with Crippen molar-refractivity contribution >= 4 is 28.9 Å². The number of nitrogens with zero attached hydrogens (tertiary/aromatic N) is 3. The number of aliphatic hydroxyl groups excluding tert-OH is 3. The van der Waals surface area contributed by atoms with Gasteiger partial charge in [0, 0.05) is 50.5 Å². The van der Waals surface area contributed by atoms with E-state index in [0.29, 0.717) is 18.5 Å². The van der Waals surface area contributed by atoms with Gasteiger partial charge in [0.15, 0.2) is 11.4 Å². The molecule has 5 rings (SSSR count). The fourth-order valence-electron chi connectivity index (χ4n) is 7.84. The molecule has 0 spiro atoms. The number of amides is 1. The van der Waals surface area contributed by atoms with Gasteiger partial charge in [0.1, 0.15) is 22.8 Å². The Bertz CT molecular complexity index is 1420. The van der Waals surface area contributed by atoms with E-state index < -0.39 is 58.0 Å². The summed E-state index contributed by atoms with van der Waals surface area (Å²) in [5.74, 6) is -6.67. The number of phenols is 1. The number of likely N-dealkylation sites (tertiary alicyclic amines) is 1. The number of aliphatic hydroxyl groups is 4. The van der Waals surface area contributed by atoms with Gasteiger partial charge in [0.2, 0.25) is 5.78 Å². The monoisotopic (exact) mass is 584 g/mol. The minimum absolute atomic E-state index is 0.0360. The molecule has 1 amide bonds. The molecule has 1 saturated carbocycles. The number of carbonyl (C=O) groups is 3. The van der Waals surface area contributed by atoms with Gasteiger partial charge >= 0.3 is 0 Å². The first-order chi connectivity index (χ1) is 19.7. The summed E-state index contributed by atoms with van der Waals surface area (Å²) in [5.41, 5.74) is 4.06. The van der Waals surface area contributed by atoms with Gasteiger partial charge in [-0.2, -0.15) is 0 Å². The molecule has 0 aromatic heterocycles. The molecular formula is C30H40N4O8. The summed E-state index contributed by atoms with van der Waals surface area (Å²) in [4.78, 5) is 45.2. The third kappa shape index (κ3) is 4.31. The molecule has 7 N–H and O–H groups in total. The van der Waals surface area contributed by atoms with Gasteiger partial charge in [-0.3, -0.25) is 24.2 Å². The molecule has 0 radical (unpaired) electrons. The molecule has 12 heteroatoms. The van der Waals surface area contributed by atoms with Crippen LogP contribution in [0, 0.1) is 11.8 Å². The Morgan fingerprint density at radius 1 is 1.17 bits per heavy atom. The Labute approximate surface area is 244 Å². The van der Waals surface area contributed by atoms with Crippen molar-refractivity contribution < 1.29 is 39.9 Å². The highest BCUT2D eigenvalue weighted by Crippen LogP contribution is 2.54. The van der Waals surface area contributed by atoms with Crippen molar-refractivity contribution in [3.8, 4) is 5.75 Å². The van der Waals surface area contributed by atoms with E-state index in [1.165, 1.54) is 4.90 Å². The quantitative estimate of drug-likeness (QED) is 0.243. The van der Waals surface area contributed by atoms with Crippen molar-refractivity contribution in [1.29, 1.82) is 0 Å². The molecular weight excluding hydrogens is 544 g/mol. The van der Waals surface area contributed by atoms with Gasteiger partial charge in [-0.1, -0.05) is 0 Å². The van der Waals surface area contributed by atoms with Crippen LogP contribution in [-0.4, -0.2) is 112 Å². The minimum atomic E-state index is -2.66. The maximum absolute atomic E-state index is 14.1. The molecule has 4 aliphatic rings. The third-order valence-corrected chi connectivity index (χ3v) is 9.55. The number of hydrogen-bond acceptors (Lipinski definition) is 11. The molecule has 1 heterocycles. The summed E-state index contributed by atoms with van der Waals surface area (Å²) < 4.78 is 0. The summed E-state index contributed by atoms with van der Waals surface area (Å²) in [6, 6.07) is 0.664. The fraction of sp³-hybridized carbons (Fsp3) is 0.567. The fourth-order valence-corrected chi connectivity index (χ4v) is 7.84. The SMILES string of the molecule is CN(C)c1c(CN2CCC[C@H]2CCO)cc(O)c2c1C[C@H]1C[C@H]3[C@H](N(C)C)C(=O)C(C(N)=O)=C(O)[C@@]3(O)C(=O)C1=C2O. The van der Waals surface area contributed by atoms with Gasteiger partial charge in [0.25, 0.3) is 5.91 Å². The van der Waals surface area contributed by atoms with Crippen LogP contribution in [0.1, 0.15) is 42.4 Å². The van der Waals surface area contributed by atoms with Crippen LogP contribution in [-0.2, 0) is 27.3 Å². The topological polar surface area (TPSA) is 188 Å². The van der Waals surface area contributed by atoms with Crippen molar-refractivity contribution in [2.24, 2.45) is 17.6 Å². The zero-order chi connectivity index (χ0) is 30.8. The Morgan fingerprint density at radius 3 is 2.45 bits per heavy atom. The van der Waals surface area contributed by atoms with E-state index in [0.717, 1.165) is 30.6 Å². The molecule has 5 atom stereocenters. The summed E-state index contributed by atoms with van der Waals surface area (Å²) >= 11 is 0. The number of ketones is 2. The number of primary amides is 1. The van der Waals surface area contributed by atoms with Gasteiger partial charge in [0.05, 0.1) is 11.6 Å². The first kappa shape index (κ1) is 30.0. The second-order valence-corrected chi connectivity index (χ2v) is 12.4. The van der Waals surface area contributed by atoms with Crippen molar-refractivity contribution in [2.45, 2.75) is 56.3 Å². The largest absolute Gasteiger partial charge is 0.508 e. The van der Waals surface area contributed by atoms with Crippen LogP contribution in [0.25, 0.3) is 5.76 Å². The van der Waals surface area contributed by atoms with Crippen LogP contribution < -0.4 is 10.6 Å². The molecule has 2 fully saturated rings. The third-order valence-electron chi connectivity index (χ3n) is 9.55. The normalized spacial score (nSPS) is 29.6. The number of Topliss-reactive ketones (excluding diaryl/α,β-unsaturated/α-hetero) is 2. The summed E-state index contributed by atoms with van der Waals surface area (Å²) in [6.45, 7) is 1.46. The van der Waals surface area contributed by atoms with Crippen molar-refractivity contribution in [3.63, 3.8) is 0 Å². The lowest BCUT2D eigenvalue weighted by atomic mass is 9.57. The first-order valence-corrected chi connectivity index (χ1v) is 14.3. The number of benzene rings is 1. The number of anilines is 1. The zero-order valence-electron chi connectivity index (χ0n) is 24.4. The lowest BCUT2D eigenvalue weighted by molar-refractivity contribution is -0.153. The van der Waals surface area contributed by atoms with Gasteiger partial charge in [-0.25, -0.2) is 0 Å². The van der Waals surface area contributed by atoms with E-state index in [1.54, 1.807) is 20.2 Å². The van der Waals surface area contributed by atoms with E-state index in [-0.39, 0.29) is 42.4 Å². The average molecular weight is 585 g/mol. The maximum Gasteiger partial charge on any atom is 0.255 e.